The molecule has 0 atom stereocenters. The lowest BCUT2D eigenvalue weighted by Gasteiger charge is -2.19. The maximum atomic E-state index is 13.8. The highest BCUT2D eigenvalue weighted by Gasteiger charge is 2.37. The number of fused-ring (bicyclic) bond motifs is 3. The molecule has 0 bridgehead atoms. The third-order valence-electron chi connectivity index (χ3n) is 8.12. The van der Waals surface area contributed by atoms with Crippen molar-refractivity contribution in [2.24, 2.45) is 0 Å². The van der Waals surface area contributed by atoms with Crippen LogP contribution in [-0.4, -0.2) is 28.9 Å². The van der Waals surface area contributed by atoms with Crippen LogP contribution in [-0.2, 0) is 0 Å². The molecule has 0 N–H and O–H groups in total. The van der Waals surface area contributed by atoms with E-state index in [1.165, 1.54) is 12.1 Å². The fraction of sp³-hybridized carbons (Fsp3) is 0.222. The normalized spacial score (nSPS) is 12.9. The predicted molar refractivity (Wildman–Crippen MR) is 179 cm³/mol. The van der Waals surface area contributed by atoms with Crippen LogP contribution in [0.25, 0.3) is 39.0 Å². The molecule has 4 aromatic carbocycles. The minimum absolute atomic E-state index is 0.0361. The second-order valence-corrected chi connectivity index (χ2v) is 23.7. The maximum absolute atomic E-state index is 13.8. The average molecular weight is 693 g/mol. The van der Waals surface area contributed by atoms with Crippen molar-refractivity contribution in [1.82, 2.24) is 0 Å². The maximum Gasteiger partial charge on any atom is 0.573 e. The second kappa shape index (κ2) is 12.0. The fourth-order valence-corrected chi connectivity index (χ4v) is 8.07. The van der Waals surface area contributed by atoms with Gasteiger partial charge in [0.15, 0.2) is 0 Å². The molecule has 4 nitrogen and oxygen atoms in total. The van der Waals surface area contributed by atoms with E-state index in [9.17, 15) is 36.9 Å². The number of ether oxygens (including phenoxy) is 2. The van der Waals surface area contributed by atoms with Gasteiger partial charge in [-0.2, -0.15) is 10.5 Å². The standard InChI is InChI=1S/C36H30F6N2O2Si2/c1-47(2,3)24-11-7-21(8-12-24)26-15-28-29-16-27(22-9-13-25(14-10-22)48(4,5)6)33(46-36(40,41)42)18-31(29)34(23(19-43)20-44)30(28)17-32(26)45-35(37,38)39/h7-18H,1-6H3. The third kappa shape index (κ3) is 7.05. The zero-order chi connectivity index (χ0) is 35.4. The third-order valence-corrected chi connectivity index (χ3v) is 12.2. The molecule has 0 unspecified atom stereocenters. The van der Waals surface area contributed by atoms with E-state index in [4.69, 9.17) is 0 Å². The van der Waals surface area contributed by atoms with E-state index < -0.39 is 45.9 Å². The van der Waals surface area contributed by atoms with E-state index in [0.717, 1.165) is 22.5 Å². The highest BCUT2D eigenvalue weighted by molar-refractivity contribution is 6.89. The van der Waals surface area contributed by atoms with E-state index in [1.807, 2.05) is 24.3 Å². The minimum atomic E-state index is -5.09. The molecule has 0 spiro atoms. The molecule has 0 aromatic heterocycles. The van der Waals surface area contributed by atoms with E-state index in [0.29, 0.717) is 22.3 Å². The van der Waals surface area contributed by atoms with Gasteiger partial charge in [0.05, 0.1) is 16.1 Å². The summed E-state index contributed by atoms with van der Waals surface area (Å²) < 4.78 is 91.5. The molecule has 1 aliphatic rings. The van der Waals surface area contributed by atoms with Crippen LogP contribution in [0.1, 0.15) is 11.1 Å². The molecule has 0 saturated heterocycles. The molecule has 0 amide bonds. The Morgan fingerprint density at radius 3 is 1.12 bits per heavy atom. The highest BCUT2D eigenvalue weighted by atomic mass is 28.3. The molecule has 5 rings (SSSR count). The summed E-state index contributed by atoms with van der Waals surface area (Å²) in [5, 5.41) is 21.9. The summed E-state index contributed by atoms with van der Waals surface area (Å²) in [6, 6.07) is 22.8. The SMILES string of the molecule is C[Si](C)(C)c1ccc(-c2cc3c(cc2OC(F)(F)F)C(=C(C#N)C#N)c2cc(OC(F)(F)F)c(-c4ccc([Si](C)(C)C)cc4)cc2-3)cc1. The van der Waals surface area contributed by atoms with Gasteiger partial charge in [0.2, 0.25) is 0 Å². The van der Waals surface area contributed by atoms with Crippen molar-refractivity contribution in [1.29, 1.82) is 10.5 Å². The molecule has 0 radical (unpaired) electrons. The van der Waals surface area contributed by atoms with Gasteiger partial charge in [-0.25, -0.2) is 0 Å². The molecular formula is C36H30F6N2O2Si2. The smallest absolute Gasteiger partial charge is 0.405 e. The van der Waals surface area contributed by atoms with Crippen molar-refractivity contribution in [2.45, 2.75) is 52.0 Å². The molecule has 0 saturated carbocycles. The van der Waals surface area contributed by atoms with Gasteiger partial charge in [-0.15, -0.1) is 26.3 Å². The minimum Gasteiger partial charge on any atom is -0.405 e. The lowest BCUT2D eigenvalue weighted by molar-refractivity contribution is -0.275. The van der Waals surface area contributed by atoms with E-state index in [1.54, 1.807) is 36.4 Å². The van der Waals surface area contributed by atoms with Crippen LogP contribution < -0.4 is 19.8 Å². The first-order valence-electron chi connectivity index (χ1n) is 14.8. The van der Waals surface area contributed by atoms with Gasteiger partial charge >= 0.3 is 12.7 Å². The van der Waals surface area contributed by atoms with Gasteiger partial charge < -0.3 is 9.47 Å². The first kappa shape index (κ1) is 34.5. The number of hydrogen-bond donors (Lipinski definition) is 0. The molecule has 0 aliphatic heterocycles. The Labute approximate surface area is 276 Å². The number of rotatable bonds is 6. The highest BCUT2D eigenvalue weighted by Crippen LogP contribution is 2.53. The summed E-state index contributed by atoms with van der Waals surface area (Å²) in [5.74, 6) is -1.17. The van der Waals surface area contributed by atoms with Crippen LogP contribution in [0.4, 0.5) is 26.3 Å². The van der Waals surface area contributed by atoms with Gasteiger partial charge in [-0.05, 0) is 57.6 Å². The summed E-state index contributed by atoms with van der Waals surface area (Å²) in [6.07, 6.45) is -10.2. The lowest BCUT2D eigenvalue weighted by Crippen LogP contribution is -2.37. The van der Waals surface area contributed by atoms with Crippen LogP contribution >= 0.6 is 0 Å². The zero-order valence-corrected chi connectivity index (χ0v) is 28.9. The fourth-order valence-electron chi connectivity index (χ4n) is 5.74. The van der Waals surface area contributed by atoms with Gasteiger partial charge in [0.1, 0.15) is 29.2 Å². The number of halogens is 6. The first-order chi connectivity index (χ1) is 22.2. The summed E-state index contributed by atoms with van der Waals surface area (Å²) in [7, 11) is -3.49. The molecule has 0 fully saturated rings. The van der Waals surface area contributed by atoms with Crippen LogP contribution in [0.2, 0.25) is 39.3 Å². The zero-order valence-electron chi connectivity index (χ0n) is 26.9. The molecule has 246 valence electrons. The van der Waals surface area contributed by atoms with Crippen LogP contribution in [0, 0.1) is 22.7 Å². The van der Waals surface area contributed by atoms with E-state index in [-0.39, 0.29) is 27.8 Å². The lowest BCUT2D eigenvalue weighted by atomic mass is 9.95. The Hall–Kier alpha value is -4.79. The van der Waals surface area contributed by atoms with E-state index >= 15 is 0 Å². The second-order valence-electron chi connectivity index (χ2n) is 13.5. The van der Waals surface area contributed by atoms with Crippen molar-refractivity contribution in [3.05, 3.63) is 89.5 Å². The van der Waals surface area contributed by atoms with Crippen LogP contribution in [0.15, 0.2) is 78.4 Å². The molecule has 0 heterocycles. The summed E-state index contributed by atoms with van der Waals surface area (Å²) >= 11 is 0. The van der Waals surface area contributed by atoms with E-state index in [2.05, 4.69) is 48.8 Å². The summed E-state index contributed by atoms with van der Waals surface area (Å²) in [4.78, 5) is 0. The Morgan fingerprint density at radius 1 is 0.521 bits per heavy atom. The van der Waals surface area contributed by atoms with Crippen LogP contribution in [0.5, 0.6) is 11.5 Å². The summed E-state index contributed by atoms with van der Waals surface area (Å²) in [5.41, 5.74) is 1.08. The van der Waals surface area contributed by atoms with Crippen LogP contribution in [0.3, 0.4) is 0 Å². The number of hydrogen-bond acceptors (Lipinski definition) is 4. The quantitative estimate of drug-likeness (QED) is 0.101. The van der Waals surface area contributed by atoms with Crippen molar-refractivity contribution >= 4 is 32.1 Å². The van der Waals surface area contributed by atoms with Gasteiger partial charge in [0, 0.05) is 16.7 Å². The summed E-state index contributed by atoms with van der Waals surface area (Å²) in [6.45, 7) is 12.8. The van der Waals surface area contributed by atoms with Crippen molar-refractivity contribution in [3.63, 3.8) is 0 Å². The Balaban J connectivity index is 1.84. The molecule has 4 aromatic rings. The molecule has 12 heteroatoms. The first-order valence-corrected chi connectivity index (χ1v) is 21.8. The Kier molecular flexibility index (Phi) is 8.66. The van der Waals surface area contributed by atoms with Gasteiger partial charge in [-0.1, -0.05) is 98.2 Å². The largest absolute Gasteiger partial charge is 0.573 e. The van der Waals surface area contributed by atoms with Crippen molar-refractivity contribution in [2.75, 3.05) is 0 Å². The topological polar surface area (TPSA) is 66.0 Å². The van der Waals surface area contributed by atoms with Crippen molar-refractivity contribution in [3.8, 4) is 57.0 Å². The molecule has 1 aliphatic carbocycles. The number of allylic oxidation sites excluding steroid dienone is 1. The van der Waals surface area contributed by atoms with Gasteiger partial charge in [0.25, 0.3) is 0 Å². The number of nitriles is 2. The molecular weight excluding hydrogens is 663 g/mol. The Morgan fingerprint density at radius 2 is 0.854 bits per heavy atom. The monoisotopic (exact) mass is 692 g/mol. The average Bonchev–Trinajstić information content (AvgIpc) is 3.26. The number of nitrogens with zero attached hydrogens (tertiary/aromatic N) is 2. The Bertz CT molecular complexity index is 1880. The van der Waals surface area contributed by atoms with Crippen molar-refractivity contribution < 1.29 is 35.8 Å². The molecule has 48 heavy (non-hydrogen) atoms. The predicted octanol–water partition coefficient (Wildman–Crippen LogP) is 9.74. The number of alkyl halides is 6. The number of benzene rings is 4. The van der Waals surface area contributed by atoms with Gasteiger partial charge in [-0.3, -0.25) is 0 Å².